The molecule has 2 amide bonds. The molecule has 2 aromatic carbocycles. The van der Waals surface area contributed by atoms with E-state index < -0.39 is 5.54 Å². The highest BCUT2D eigenvalue weighted by Crippen LogP contribution is 2.40. The molecule has 2 atom stereocenters. The molecule has 2 aromatic rings. The molecular weight excluding hydrogens is 445 g/mol. The van der Waals surface area contributed by atoms with E-state index in [4.69, 9.17) is 4.99 Å². The molecular formula is C27H30FN5O2. The molecule has 0 saturated carbocycles. The van der Waals surface area contributed by atoms with Gasteiger partial charge < -0.3 is 15.5 Å². The van der Waals surface area contributed by atoms with Crippen LogP contribution in [0.1, 0.15) is 42.7 Å². The van der Waals surface area contributed by atoms with Gasteiger partial charge in [-0.2, -0.15) is 0 Å². The van der Waals surface area contributed by atoms with Gasteiger partial charge in [0.2, 0.25) is 11.8 Å². The van der Waals surface area contributed by atoms with Gasteiger partial charge in [-0.25, -0.2) is 4.39 Å². The minimum atomic E-state index is -0.549. The largest absolute Gasteiger partial charge is 0.339 e. The lowest BCUT2D eigenvalue weighted by molar-refractivity contribution is -0.125. The van der Waals surface area contributed by atoms with Crippen molar-refractivity contribution in [2.24, 2.45) is 4.99 Å². The number of benzene rings is 2. The van der Waals surface area contributed by atoms with Gasteiger partial charge in [0.1, 0.15) is 17.2 Å². The summed E-state index contributed by atoms with van der Waals surface area (Å²) in [6, 6.07) is 15.2. The van der Waals surface area contributed by atoms with E-state index in [1.807, 2.05) is 36.4 Å². The molecule has 2 unspecified atom stereocenters. The lowest BCUT2D eigenvalue weighted by Crippen LogP contribution is -2.57. The number of anilines is 1. The quantitative estimate of drug-likeness (QED) is 0.716. The summed E-state index contributed by atoms with van der Waals surface area (Å²) in [5, 5.41) is 6.05. The summed E-state index contributed by atoms with van der Waals surface area (Å²) >= 11 is 0. The first-order valence-corrected chi connectivity index (χ1v) is 12.5. The maximum absolute atomic E-state index is 13.6. The molecule has 2 saturated heterocycles. The van der Waals surface area contributed by atoms with E-state index in [0.29, 0.717) is 45.6 Å². The molecule has 2 N–H and O–H groups in total. The summed E-state index contributed by atoms with van der Waals surface area (Å²) in [6.45, 7) is 2.17. The molecule has 3 aliphatic heterocycles. The van der Waals surface area contributed by atoms with E-state index in [-0.39, 0.29) is 29.6 Å². The number of rotatable bonds is 3. The van der Waals surface area contributed by atoms with Gasteiger partial charge in [-0.15, -0.1) is 0 Å². The second-order valence-electron chi connectivity index (χ2n) is 10.1. The Bertz CT molecular complexity index is 1180. The highest BCUT2D eigenvalue weighted by Gasteiger charge is 2.50. The zero-order valence-corrected chi connectivity index (χ0v) is 19.7. The number of aliphatic imine (C=N–C) groups is 1. The van der Waals surface area contributed by atoms with E-state index in [1.165, 1.54) is 6.07 Å². The van der Waals surface area contributed by atoms with Crippen LogP contribution in [0, 0.1) is 5.82 Å². The van der Waals surface area contributed by atoms with E-state index in [2.05, 4.69) is 20.4 Å². The Labute approximate surface area is 204 Å². The number of nitrogens with zero attached hydrogens (tertiary/aromatic N) is 3. The molecule has 182 valence electrons. The fraction of sp³-hybridized carbons (Fsp3) is 0.444. The molecule has 8 heteroatoms. The van der Waals surface area contributed by atoms with Gasteiger partial charge in [-0.3, -0.25) is 19.5 Å². The number of nitrogens with one attached hydrogen (secondary N) is 2. The van der Waals surface area contributed by atoms with Crippen molar-refractivity contribution in [2.45, 2.75) is 49.6 Å². The molecule has 1 spiro atoms. The third-order valence-electron chi connectivity index (χ3n) is 8.15. The van der Waals surface area contributed by atoms with Gasteiger partial charge in [0.15, 0.2) is 0 Å². The Balaban J connectivity index is 1.05. The Hall–Kier alpha value is -3.26. The molecule has 7 nitrogen and oxygen atoms in total. The first kappa shape index (κ1) is 22.2. The van der Waals surface area contributed by atoms with Gasteiger partial charge in [-0.1, -0.05) is 24.3 Å². The number of para-hydroxylation sites is 1. The standard InChI is InChI=1S/C27H30FN5O2/c28-19-7-8-21-18(14-19)6-9-23-22(21)15-24(30-23)31-25(34)16-32-12-10-27(11-13-32)26(35)29-17-33(27)20-4-2-1-3-5-20/h1-5,7-8,14,22-23H,6,9-13,15-17H2,(H,29,35)(H,30,31,34). The zero-order valence-electron chi connectivity index (χ0n) is 19.7. The normalized spacial score (nSPS) is 25.1. The first-order valence-electron chi connectivity index (χ1n) is 12.5. The van der Waals surface area contributed by atoms with Gasteiger partial charge in [0.05, 0.1) is 19.3 Å². The Morgan fingerprint density at radius 3 is 2.77 bits per heavy atom. The van der Waals surface area contributed by atoms with E-state index in [1.54, 1.807) is 6.07 Å². The summed E-state index contributed by atoms with van der Waals surface area (Å²) < 4.78 is 13.6. The molecule has 6 rings (SSSR count). The lowest BCUT2D eigenvalue weighted by Gasteiger charge is -2.43. The van der Waals surface area contributed by atoms with Crippen LogP contribution in [0.3, 0.4) is 0 Å². The molecule has 3 heterocycles. The molecule has 35 heavy (non-hydrogen) atoms. The Morgan fingerprint density at radius 1 is 1.17 bits per heavy atom. The van der Waals surface area contributed by atoms with Crippen LogP contribution in [-0.2, 0) is 16.0 Å². The number of likely N-dealkylation sites (tertiary alicyclic amines) is 1. The summed E-state index contributed by atoms with van der Waals surface area (Å²) in [5.74, 6) is 0.775. The number of aryl methyl sites for hydroxylation is 1. The minimum Gasteiger partial charge on any atom is -0.339 e. The maximum atomic E-state index is 13.6. The minimum absolute atomic E-state index is 0.0616. The second-order valence-corrected chi connectivity index (χ2v) is 10.1. The third kappa shape index (κ3) is 3.99. The van der Waals surface area contributed by atoms with Gasteiger partial charge in [0.25, 0.3) is 0 Å². The molecule has 2 fully saturated rings. The smallest absolute Gasteiger partial charge is 0.247 e. The molecule has 0 aromatic heterocycles. The number of amides is 2. The number of piperidine rings is 1. The Kier molecular flexibility index (Phi) is 5.56. The molecule has 0 bridgehead atoms. The molecule has 0 radical (unpaired) electrons. The third-order valence-corrected chi connectivity index (χ3v) is 8.15. The van der Waals surface area contributed by atoms with Gasteiger partial charge >= 0.3 is 0 Å². The fourth-order valence-electron chi connectivity index (χ4n) is 6.33. The molecule has 4 aliphatic rings. The van der Waals surface area contributed by atoms with Crippen LogP contribution in [-0.4, -0.2) is 60.4 Å². The van der Waals surface area contributed by atoms with Crippen LogP contribution in [0.15, 0.2) is 53.5 Å². The van der Waals surface area contributed by atoms with Crippen LogP contribution < -0.4 is 15.5 Å². The summed E-state index contributed by atoms with van der Waals surface area (Å²) in [5.41, 5.74) is 2.72. The number of carbonyl (C=O) groups excluding carboxylic acids is 2. The van der Waals surface area contributed by atoms with E-state index in [0.717, 1.165) is 35.5 Å². The van der Waals surface area contributed by atoms with Crippen molar-refractivity contribution in [3.63, 3.8) is 0 Å². The van der Waals surface area contributed by atoms with Crippen molar-refractivity contribution in [1.29, 1.82) is 0 Å². The fourth-order valence-corrected chi connectivity index (χ4v) is 6.33. The Morgan fingerprint density at radius 2 is 1.97 bits per heavy atom. The van der Waals surface area contributed by atoms with Crippen molar-refractivity contribution in [2.75, 3.05) is 31.2 Å². The average Bonchev–Trinajstić information content (AvgIpc) is 3.41. The number of carbonyl (C=O) groups is 2. The van der Waals surface area contributed by atoms with E-state index >= 15 is 0 Å². The van der Waals surface area contributed by atoms with Crippen LogP contribution in [0.5, 0.6) is 0 Å². The first-order chi connectivity index (χ1) is 17.0. The van der Waals surface area contributed by atoms with Crippen LogP contribution in [0.25, 0.3) is 0 Å². The lowest BCUT2D eigenvalue weighted by atomic mass is 9.79. The van der Waals surface area contributed by atoms with Crippen LogP contribution >= 0.6 is 0 Å². The number of hydrogen-bond acceptors (Lipinski definition) is 5. The second kappa shape index (κ2) is 8.75. The number of fused-ring (bicyclic) bond motifs is 3. The van der Waals surface area contributed by atoms with Crippen LogP contribution in [0.4, 0.5) is 10.1 Å². The maximum Gasteiger partial charge on any atom is 0.247 e. The number of amidine groups is 1. The zero-order chi connectivity index (χ0) is 24.0. The topological polar surface area (TPSA) is 77.0 Å². The number of halogens is 1. The highest BCUT2D eigenvalue weighted by molar-refractivity contribution is 6.00. The van der Waals surface area contributed by atoms with Crippen molar-refractivity contribution in [3.8, 4) is 0 Å². The number of hydrogen-bond donors (Lipinski definition) is 2. The highest BCUT2D eigenvalue weighted by atomic mass is 19.1. The van der Waals surface area contributed by atoms with Gasteiger partial charge in [0, 0.05) is 31.1 Å². The van der Waals surface area contributed by atoms with Crippen molar-refractivity contribution in [1.82, 2.24) is 15.5 Å². The monoisotopic (exact) mass is 475 g/mol. The average molecular weight is 476 g/mol. The van der Waals surface area contributed by atoms with Crippen LogP contribution in [0.2, 0.25) is 0 Å². The van der Waals surface area contributed by atoms with Crippen molar-refractivity contribution < 1.29 is 14.0 Å². The predicted molar refractivity (Wildman–Crippen MR) is 132 cm³/mol. The summed E-state index contributed by atoms with van der Waals surface area (Å²) in [6.07, 6.45) is 3.75. The molecule has 1 aliphatic carbocycles. The van der Waals surface area contributed by atoms with Crippen molar-refractivity contribution >= 4 is 23.3 Å². The van der Waals surface area contributed by atoms with Crippen molar-refractivity contribution in [3.05, 3.63) is 65.5 Å². The summed E-state index contributed by atoms with van der Waals surface area (Å²) in [4.78, 5) is 34.8. The predicted octanol–water partition coefficient (Wildman–Crippen LogP) is 2.57. The SMILES string of the molecule is O=C(CN1CCC2(CC1)C(=O)NCN2c1ccccc1)NC1=NC2CCc3cc(F)ccc3C2C1. The summed E-state index contributed by atoms with van der Waals surface area (Å²) in [7, 11) is 0. The van der Waals surface area contributed by atoms with Gasteiger partial charge in [-0.05, 0) is 61.1 Å². The van der Waals surface area contributed by atoms with E-state index in [9.17, 15) is 14.0 Å².